The van der Waals surface area contributed by atoms with Crippen LogP contribution < -0.4 is 0 Å². The number of allylic oxidation sites excluding steroid dienone is 1. The van der Waals surface area contributed by atoms with E-state index in [1.54, 1.807) is 7.11 Å². The predicted molar refractivity (Wildman–Crippen MR) is 87.8 cm³/mol. The molecule has 1 saturated heterocycles. The molecule has 3 aliphatic heterocycles. The first kappa shape index (κ1) is 16.0. The summed E-state index contributed by atoms with van der Waals surface area (Å²) in [6, 6.07) is 7.70. The van der Waals surface area contributed by atoms with Gasteiger partial charge in [0.25, 0.3) is 0 Å². The first-order chi connectivity index (χ1) is 10.8. The molecule has 23 heavy (non-hydrogen) atoms. The molecule has 0 aliphatic carbocycles. The Labute approximate surface area is 136 Å². The number of hydrogen-bond donors (Lipinski definition) is 0. The van der Waals surface area contributed by atoms with E-state index in [0.29, 0.717) is 17.6 Å². The van der Waals surface area contributed by atoms with Gasteiger partial charge in [0, 0.05) is 11.1 Å². The molecule has 0 amide bonds. The third-order valence-electron chi connectivity index (χ3n) is 3.88. The number of phosphoric acid groups is 1. The van der Waals surface area contributed by atoms with Gasteiger partial charge >= 0.3 is 13.8 Å². The third kappa shape index (κ3) is 2.74. The molecule has 4 rings (SSSR count). The predicted octanol–water partition coefficient (Wildman–Crippen LogP) is 5.17. The Morgan fingerprint density at radius 2 is 1.74 bits per heavy atom. The first-order valence-electron chi connectivity index (χ1n) is 7.66. The van der Waals surface area contributed by atoms with E-state index in [0.717, 1.165) is 16.9 Å². The van der Waals surface area contributed by atoms with Crippen LogP contribution in [0.1, 0.15) is 38.8 Å². The highest BCUT2D eigenvalue weighted by Gasteiger charge is 2.56. The Balaban J connectivity index is 2.04. The molecule has 3 aliphatic rings. The van der Waals surface area contributed by atoms with Gasteiger partial charge in [-0.3, -0.25) is 0 Å². The number of hydrogen-bond acceptors (Lipinski definition) is 5. The van der Waals surface area contributed by atoms with Gasteiger partial charge < -0.3 is 18.3 Å². The average molecular weight is 336 g/mol. The smallest absolute Gasteiger partial charge is 0.496 e. The lowest BCUT2D eigenvalue weighted by Gasteiger charge is -2.21. The number of methoxy groups -OCH3 is 1. The van der Waals surface area contributed by atoms with Crippen LogP contribution >= 0.6 is 7.82 Å². The molecule has 0 radical (unpaired) electrons. The minimum absolute atomic E-state index is 0.196. The van der Waals surface area contributed by atoms with E-state index in [9.17, 15) is 4.57 Å². The molecule has 1 aromatic carbocycles. The average Bonchev–Trinajstić information content (AvgIpc) is 2.97. The van der Waals surface area contributed by atoms with Gasteiger partial charge in [-0.25, -0.2) is 0 Å². The van der Waals surface area contributed by atoms with Crippen molar-refractivity contribution >= 4 is 19.3 Å². The van der Waals surface area contributed by atoms with Gasteiger partial charge in [0.05, 0.1) is 7.11 Å². The summed E-state index contributed by atoms with van der Waals surface area (Å²) in [7, 11) is -1.65. The molecule has 1 fully saturated rings. The quantitative estimate of drug-likeness (QED) is 0.548. The standard InChI is InChI=1S/C17H21O5P/c1-10(2)14(11(3)4)15(19-5)12-7-6-8-13(9-12)16-17-21-23(18,20-16)22-17/h6-11H,1-5H3. The molecule has 0 N–H and O–H groups in total. The molecule has 124 valence electrons. The molecule has 1 aromatic rings. The van der Waals surface area contributed by atoms with Crippen LogP contribution in [-0.4, -0.2) is 7.11 Å². The van der Waals surface area contributed by atoms with Crippen molar-refractivity contribution < 1.29 is 22.9 Å². The van der Waals surface area contributed by atoms with Crippen molar-refractivity contribution in [1.29, 1.82) is 0 Å². The van der Waals surface area contributed by atoms with Crippen LogP contribution in [0.5, 0.6) is 0 Å². The van der Waals surface area contributed by atoms with Crippen LogP contribution in [0.2, 0.25) is 0 Å². The number of phosphoric ester groups is 1. The Hall–Kier alpha value is -1.87. The van der Waals surface area contributed by atoms with Gasteiger partial charge in [0.1, 0.15) is 5.76 Å². The van der Waals surface area contributed by atoms with Crippen molar-refractivity contribution in [1.82, 2.24) is 0 Å². The maximum absolute atomic E-state index is 11.7. The first-order valence-corrected chi connectivity index (χ1v) is 9.12. The summed E-state index contributed by atoms with van der Waals surface area (Å²) in [4.78, 5) is 0. The lowest BCUT2D eigenvalue weighted by Crippen LogP contribution is -2.07. The Morgan fingerprint density at radius 3 is 2.22 bits per heavy atom. The normalized spacial score (nSPS) is 17.3. The number of fused-ring (bicyclic) bond motifs is 1. The van der Waals surface area contributed by atoms with E-state index < -0.39 is 7.82 Å². The van der Waals surface area contributed by atoms with Crippen molar-refractivity contribution in [3.63, 3.8) is 0 Å². The summed E-state index contributed by atoms with van der Waals surface area (Å²) in [5.74, 6) is 2.19. The minimum Gasteiger partial charge on any atom is -0.496 e. The molecule has 0 aromatic heterocycles. The molecule has 2 bridgehead atoms. The molecule has 0 spiro atoms. The Bertz CT molecular complexity index is 723. The number of ether oxygens (including phenoxy) is 1. The molecule has 5 nitrogen and oxygen atoms in total. The van der Waals surface area contributed by atoms with Crippen molar-refractivity contribution in [3.05, 3.63) is 46.9 Å². The molecule has 6 heteroatoms. The van der Waals surface area contributed by atoms with E-state index in [-0.39, 0.29) is 5.95 Å². The molecule has 3 heterocycles. The molecular formula is C17H21O5P. The van der Waals surface area contributed by atoms with E-state index in [2.05, 4.69) is 27.7 Å². The van der Waals surface area contributed by atoms with Crippen molar-refractivity contribution in [2.75, 3.05) is 7.11 Å². The van der Waals surface area contributed by atoms with Crippen LogP contribution in [0.25, 0.3) is 11.5 Å². The second-order valence-electron chi connectivity index (χ2n) is 6.22. The summed E-state index contributed by atoms with van der Waals surface area (Å²) in [5, 5.41) is 0. The third-order valence-corrected chi connectivity index (χ3v) is 5.06. The van der Waals surface area contributed by atoms with Crippen LogP contribution in [-0.2, 0) is 22.9 Å². The van der Waals surface area contributed by atoms with Crippen LogP contribution in [0.15, 0.2) is 35.8 Å². The highest BCUT2D eigenvalue weighted by molar-refractivity contribution is 7.51. The van der Waals surface area contributed by atoms with E-state index in [4.69, 9.17) is 18.3 Å². The van der Waals surface area contributed by atoms with Crippen LogP contribution in [0, 0.1) is 11.8 Å². The topological polar surface area (TPSA) is 54.0 Å². The summed E-state index contributed by atoms with van der Waals surface area (Å²) in [5.41, 5.74) is 2.95. The van der Waals surface area contributed by atoms with Crippen LogP contribution in [0.4, 0.5) is 0 Å². The van der Waals surface area contributed by atoms with Gasteiger partial charge in [-0.15, -0.1) is 0 Å². The van der Waals surface area contributed by atoms with Gasteiger partial charge in [0.2, 0.25) is 5.76 Å². The highest BCUT2D eigenvalue weighted by Crippen LogP contribution is 2.72. The molecule has 0 unspecified atom stereocenters. The summed E-state index contributed by atoms with van der Waals surface area (Å²) in [6.07, 6.45) is 0. The van der Waals surface area contributed by atoms with Crippen LogP contribution in [0.3, 0.4) is 0 Å². The maximum atomic E-state index is 11.7. The van der Waals surface area contributed by atoms with Crippen molar-refractivity contribution in [2.24, 2.45) is 11.8 Å². The monoisotopic (exact) mass is 336 g/mol. The molecule has 0 saturated carbocycles. The second kappa shape index (κ2) is 5.64. The summed E-state index contributed by atoms with van der Waals surface area (Å²) >= 11 is 0. The molecular weight excluding hydrogens is 315 g/mol. The molecule has 0 atom stereocenters. The zero-order valence-electron chi connectivity index (χ0n) is 14.0. The fourth-order valence-corrected chi connectivity index (χ4v) is 4.11. The number of benzene rings is 1. The summed E-state index contributed by atoms with van der Waals surface area (Å²) < 4.78 is 32.7. The van der Waals surface area contributed by atoms with Crippen molar-refractivity contribution in [3.8, 4) is 0 Å². The zero-order chi connectivity index (χ0) is 16.8. The largest absolute Gasteiger partial charge is 0.652 e. The lowest BCUT2D eigenvalue weighted by atomic mass is 9.89. The highest BCUT2D eigenvalue weighted by atomic mass is 31.2. The van der Waals surface area contributed by atoms with E-state index in [1.165, 1.54) is 5.57 Å². The second-order valence-corrected chi connectivity index (χ2v) is 7.66. The fraction of sp³-hybridized carbons (Fsp3) is 0.412. The SMILES string of the molecule is COC(=C(C(C)C)C(C)C)c1cccc(C2=C3OP(=O)(O3)O2)c1. The summed E-state index contributed by atoms with van der Waals surface area (Å²) in [6.45, 7) is 8.63. The lowest BCUT2D eigenvalue weighted by molar-refractivity contribution is 0.0985. The van der Waals surface area contributed by atoms with Crippen molar-refractivity contribution in [2.45, 2.75) is 27.7 Å². The number of rotatable bonds is 5. The zero-order valence-corrected chi connectivity index (χ0v) is 14.8. The van der Waals surface area contributed by atoms with Gasteiger partial charge in [-0.2, -0.15) is 4.57 Å². The van der Waals surface area contributed by atoms with Gasteiger partial charge in [-0.1, -0.05) is 45.9 Å². The van der Waals surface area contributed by atoms with Gasteiger partial charge in [-0.05, 0) is 23.5 Å². The Morgan fingerprint density at radius 1 is 1.09 bits per heavy atom. The van der Waals surface area contributed by atoms with Gasteiger partial charge in [0.15, 0.2) is 0 Å². The van der Waals surface area contributed by atoms with E-state index >= 15 is 0 Å². The Kier molecular flexibility index (Phi) is 3.93. The fourth-order valence-electron chi connectivity index (χ4n) is 3.04. The van der Waals surface area contributed by atoms with E-state index in [1.807, 2.05) is 24.3 Å². The maximum Gasteiger partial charge on any atom is 0.652 e. The minimum atomic E-state index is -3.33.